The summed E-state index contributed by atoms with van der Waals surface area (Å²) in [6.07, 6.45) is 5.48. The summed E-state index contributed by atoms with van der Waals surface area (Å²) in [6, 6.07) is 3.53. The van der Waals surface area contributed by atoms with Crippen molar-refractivity contribution in [3.8, 4) is 5.75 Å². The van der Waals surface area contributed by atoms with Gasteiger partial charge in [0.05, 0.1) is 18.3 Å². The summed E-state index contributed by atoms with van der Waals surface area (Å²) in [6.45, 7) is 2.34. The van der Waals surface area contributed by atoms with Crippen LogP contribution in [0.3, 0.4) is 0 Å². The van der Waals surface area contributed by atoms with Gasteiger partial charge in [0.1, 0.15) is 4.88 Å². The van der Waals surface area contributed by atoms with Crippen molar-refractivity contribution in [2.75, 3.05) is 6.61 Å². The Hall–Kier alpha value is -2.48. The van der Waals surface area contributed by atoms with E-state index in [0.717, 1.165) is 12.8 Å². The molecule has 0 aliphatic heterocycles. The van der Waals surface area contributed by atoms with E-state index in [1.807, 2.05) is 6.92 Å². The number of ether oxygens (including phenoxy) is 1. The zero-order valence-electron chi connectivity index (χ0n) is 13.9. The van der Waals surface area contributed by atoms with E-state index >= 15 is 0 Å². The summed E-state index contributed by atoms with van der Waals surface area (Å²) in [4.78, 5) is 33.2. The number of amides is 2. The topological polar surface area (TPSA) is 93.2 Å². The zero-order valence-corrected chi connectivity index (χ0v) is 14.7. The van der Waals surface area contributed by atoms with Gasteiger partial charge >= 0.3 is 0 Å². The van der Waals surface area contributed by atoms with E-state index in [2.05, 4.69) is 20.6 Å². The molecule has 2 aromatic heterocycles. The van der Waals surface area contributed by atoms with Gasteiger partial charge < -0.3 is 15.4 Å². The Labute approximate surface area is 149 Å². The van der Waals surface area contributed by atoms with E-state index in [0.29, 0.717) is 29.3 Å². The first-order valence-corrected chi connectivity index (χ1v) is 9.13. The van der Waals surface area contributed by atoms with Crippen LogP contribution < -0.4 is 15.4 Å². The largest absolute Gasteiger partial charge is 0.491 e. The smallest absolute Gasteiger partial charge is 0.273 e. The highest BCUT2D eigenvalue weighted by molar-refractivity contribution is 7.11. The molecule has 0 bridgehead atoms. The summed E-state index contributed by atoms with van der Waals surface area (Å²) >= 11 is 1.31. The fourth-order valence-corrected chi connectivity index (χ4v) is 3.44. The second-order valence-electron chi connectivity index (χ2n) is 5.80. The minimum absolute atomic E-state index is 0.00995. The van der Waals surface area contributed by atoms with E-state index in [4.69, 9.17) is 4.74 Å². The Balaban J connectivity index is 1.54. The van der Waals surface area contributed by atoms with Crippen LogP contribution in [0.2, 0.25) is 0 Å². The molecule has 0 radical (unpaired) electrons. The molecule has 2 amide bonds. The van der Waals surface area contributed by atoms with Crippen molar-refractivity contribution >= 4 is 23.2 Å². The van der Waals surface area contributed by atoms with Crippen LogP contribution in [0.5, 0.6) is 5.75 Å². The van der Waals surface area contributed by atoms with E-state index < -0.39 is 0 Å². The van der Waals surface area contributed by atoms with Crippen LogP contribution in [-0.4, -0.2) is 40.5 Å². The van der Waals surface area contributed by atoms with Crippen LogP contribution in [0, 0.1) is 0 Å². The van der Waals surface area contributed by atoms with E-state index in [-0.39, 0.29) is 23.9 Å². The van der Waals surface area contributed by atoms with Gasteiger partial charge in [-0.3, -0.25) is 14.6 Å². The molecule has 2 aromatic rings. The second-order valence-corrected chi connectivity index (χ2v) is 6.69. The third kappa shape index (κ3) is 4.33. The van der Waals surface area contributed by atoms with Crippen molar-refractivity contribution in [3.05, 3.63) is 40.6 Å². The minimum atomic E-state index is -0.247. The highest BCUT2D eigenvalue weighted by Crippen LogP contribution is 2.22. The van der Waals surface area contributed by atoms with E-state index in [9.17, 15) is 9.59 Å². The number of nitrogens with zero attached hydrogens (tertiary/aromatic N) is 2. The molecule has 0 unspecified atom stereocenters. The SMILES string of the molecule is CCOc1cccnc1C(=O)N[C@@H]1CC[C@H](NC(=O)c2cncs2)C1. The number of hydrogen-bond donors (Lipinski definition) is 2. The lowest BCUT2D eigenvalue weighted by molar-refractivity contribution is 0.0928. The summed E-state index contributed by atoms with van der Waals surface area (Å²) in [5.74, 6) is 0.127. The molecule has 25 heavy (non-hydrogen) atoms. The monoisotopic (exact) mass is 360 g/mol. The summed E-state index contributed by atoms with van der Waals surface area (Å²) in [5, 5.41) is 5.99. The van der Waals surface area contributed by atoms with Gasteiger partial charge in [-0.2, -0.15) is 0 Å². The molecule has 0 spiro atoms. The van der Waals surface area contributed by atoms with Crippen molar-refractivity contribution in [1.82, 2.24) is 20.6 Å². The summed E-state index contributed by atoms with van der Waals surface area (Å²) in [5.41, 5.74) is 1.93. The molecule has 7 nitrogen and oxygen atoms in total. The molecular formula is C17H20N4O3S. The zero-order chi connectivity index (χ0) is 17.6. The molecule has 132 valence electrons. The molecule has 2 atom stereocenters. The van der Waals surface area contributed by atoms with Crippen molar-refractivity contribution in [1.29, 1.82) is 0 Å². The number of thiazole rings is 1. The van der Waals surface area contributed by atoms with Crippen LogP contribution in [0.4, 0.5) is 0 Å². The molecular weight excluding hydrogens is 340 g/mol. The lowest BCUT2D eigenvalue weighted by Gasteiger charge is -2.15. The number of rotatable bonds is 6. The first-order valence-electron chi connectivity index (χ1n) is 8.25. The normalized spacial score (nSPS) is 19.4. The van der Waals surface area contributed by atoms with Crippen LogP contribution in [0.25, 0.3) is 0 Å². The quantitative estimate of drug-likeness (QED) is 0.822. The standard InChI is InChI=1S/C17H20N4O3S/c1-2-24-13-4-3-7-19-15(13)17(23)21-12-6-5-11(8-12)20-16(22)14-9-18-10-25-14/h3-4,7,9-12H,2,5-6,8H2,1H3,(H,20,22)(H,21,23)/t11-,12+/m0/s1. The van der Waals surface area contributed by atoms with Gasteiger partial charge in [-0.25, -0.2) is 4.98 Å². The summed E-state index contributed by atoms with van der Waals surface area (Å²) in [7, 11) is 0. The first kappa shape index (κ1) is 17.3. The van der Waals surface area contributed by atoms with Gasteiger partial charge in [0, 0.05) is 18.3 Å². The lowest BCUT2D eigenvalue weighted by atomic mass is 10.2. The molecule has 3 rings (SSSR count). The fraction of sp³-hybridized carbons (Fsp3) is 0.412. The van der Waals surface area contributed by atoms with Gasteiger partial charge in [-0.05, 0) is 38.3 Å². The number of carbonyl (C=O) groups excluding carboxylic acids is 2. The number of hydrogen-bond acceptors (Lipinski definition) is 6. The van der Waals surface area contributed by atoms with E-state index in [1.54, 1.807) is 30.0 Å². The number of pyridine rings is 1. The van der Waals surface area contributed by atoms with Crippen molar-refractivity contribution < 1.29 is 14.3 Å². The molecule has 1 aliphatic rings. The molecule has 2 heterocycles. The number of carbonyl (C=O) groups is 2. The molecule has 0 saturated heterocycles. The van der Waals surface area contributed by atoms with Crippen LogP contribution in [0.1, 0.15) is 46.3 Å². The predicted octanol–water partition coefficient (Wildman–Crippen LogP) is 2.02. The maximum Gasteiger partial charge on any atom is 0.273 e. The summed E-state index contributed by atoms with van der Waals surface area (Å²) < 4.78 is 5.45. The first-order chi connectivity index (χ1) is 12.2. The molecule has 1 saturated carbocycles. The maximum atomic E-state index is 12.5. The predicted molar refractivity (Wildman–Crippen MR) is 93.9 cm³/mol. The van der Waals surface area contributed by atoms with Crippen LogP contribution >= 0.6 is 11.3 Å². The Morgan fingerprint density at radius 3 is 2.72 bits per heavy atom. The second kappa shape index (κ2) is 8.06. The Kier molecular flexibility index (Phi) is 5.60. The highest BCUT2D eigenvalue weighted by Gasteiger charge is 2.28. The number of aromatic nitrogens is 2. The fourth-order valence-electron chi connectivity index (χ4n) is 2.91. The Bertz CT molecular complexity index is 735. The van der Waals surface area contributed by atoms with Gasteiger partial charge in [0.2, 0.25) is 0 Å². The van der Waals surface area contributed by atoms with Gasteiger partial charge in [-0.15, -0.1) is 11.3 Å². The average Bonchev–Trinajstić information content (AvgIpc) is 3.28. The van der Waals surface area contributed by atoms with Gasteiger partial charge in [-0.1, -0.05) is 0 Å². The molecule has 1 aliphatic carbocycles. The molecule has 8 heteroatoms. The number of nitrogens with one attached hydrogen (secondary N) is 2. The maximum absolute atomic E-state index is 12.5. The third-order valence-corrected chi connectivity index (χ3v) is 4.82. The molecule has 1 fully saturated rings. The van der Waals surface area contributed by atoms with Gasteiger partial charge in [0.25, 0.3) is 11.8 Å². The average molecular weight is 360 g/mol. The van der Waals surface area contributed by atoms with E-state index in [1.165, 1.54) is 11.3 Å². The van der Waals surface area contributed by atoms with Crippen LogP contribution in [0.15, 0.2) is 30.0 Å². The van der Waals surface area contributed by atoms with Crippen LogP contribution in [-0.2, 0) is 0 Å². The van der Waals surface area contributed by atoms with Crippen molar-refractivity contribution in [3.63, 3.8) is 0 Å². The van der Waals surface area contributed by atoms with Crippen molar-refractivity contribution in [2.24, 2.45) is 0 Å². The highest BCUT2D eigenvalue weighted by atomic mass is 32.1. The molecule has 0 aromatic carbocycles. The van der Waals surface area contributed by atoms with Gasteiger partial charge in [0.15, 0.2) is 11.4 Å². The Morgan fingerprint density at radius 1 is 1.28 bits per heavy atom. The molecule has 2 N–H and O–H groups in total. The van der Waals surface area contributed by atoms with Crippen molar-refractivity contribution in [2.45, 2.75) is 38.3 Å². The Morgan fingerprint density at radius 2 is 2.04 bits per heavy atom. The third-order valence-electron chi connectivity index (χ3n) is 4.04. The minimum Gasteiger partial charge on any atom is -0.491 e. The lowest BCUT2D eigenvalue weighted by Crippen LogP contribution is -2.37.